The summed E-state index contributed by atoms with van der Waals surface area (Å²) >= 11 is 7.35. The van der Waals surface area contributed by atoms with Gasteiger partial charge < -0.3 is 4.74 Å². The first-order chi connectivity index (χ1) is 13.7. The Morgan fingerprint density at radius 3 is 2.86 bits per heavy atom. The Hall–Kier alpha value is -2.57. The van der Waals surface area contributed by atoms with Gasteiger partial charge in [-0.15, -0.1) is 16.8 Å². The molecule has 7 heteroatoms. The maximum atomic E-state index is 12.6. The number of hydrogen-bond donors (Lipinski definition) is 0. The highest BCUT2D eigenvalue weighted by molar-refractivity contribution is 7.99. The molecule has 1 aliphatic rings. The molecule has 0 radical (unpaired) electrons. The van der Waals surface area contributed by atoms with Crippen LogP contribution in [0.15, 0.2) is 60.3 Å². The Kier molecular flexibility index (Phi) is 5.50. The molecule has 0 aliphatic carbocycles. The molecule has 0 atom stereocenters. The van der Waals surface area contributed by atoms with Gasteiger partial charge in [0.2, 0.25) is 0 Å². The first-order valence-electron chi connectivity index (χ1n) is 8.87. The summed E-state index contributed by atoms with van der Waals surface area (Å²) in [6.45, 7) is 5.05. The molecule has 5 nitrogen and oxygen atoms in total. The van der Waals surface area contributed by atoms with E-state index in [9.17, 15) is 4.79 Å². The van der Waals surface area contributed by atoms with Crippen LogP contribution in [0.1, 0.15) is 15.9 Å². The Labute approximate surface area is 172 Å². The predicted octanol–water partition coefficient (Wildman–Crippen LogP) is 4.69. The molecule has 0 N–H and O–H groups in total. The van der Waals surface area contributed by atoms with Gasteiger partial charge in [-0.2, -0.15) is 0 Å². The predicted molar refractivity (Wildman–Crippen MR) is 111 cm³/mol. The van der Waals surface area contributed by atoms with E-state index in [1.165, 1.54) is 11.8 Å². The van der Waals surface area contributed by atoms with Crippen molar-refractivity contribution in [1.82, 2.24) is 14.8 Å². The number of carbonyl (C=O) groups is 1. The number of fused-ring (bicyclic) bond motifs is 1. The number of benzene rings is 2. The maximum absolute atomic E-state index is 12.6. The third-order valence-corrected chi connectivity index (χ3v) is 5.69. The summed E-state index contributed by atoms with van der Waals surface area (Å²) in [5.41, 5.74) is 2.70. The lowest BCUT2D eigenvalue weighted by molar-refractivity contribution is 0.102. The summed E-state index contributed by atoms with van der Waals surface area (Å²) in [6.07, 6.45) is 2.64. The van der Waals surface area contributed by atoms with Crippen LogP contribution in [-0.4, -0.2) is 32.9 Å². The second kappa shape index (κ2) is 8.20. The first-order valence-corrected chi connectivity index (χ1v) is 10.2. The summed E-state index contributed by atoms with van der Waals surface area (Å²) in [5, 5.41) is 9.93. The zero-order valence-corrected chi connectivity index (χ0v) is 16.7. The number of thioether (sulfide) groups is 1. The SMILES string of the molecule is C=CCn1c(SCC(=O)c2ccc3c(c2)CCO3)nnc1-c1ccc(Cl)cc1. The van der Waals surface area contributed by atoms with E-state index in [1.54, 1.807) is 6.08 Å². The molecule has 142 valence electrons. The molecule has 0 amide bonds. The Morgan fingerprint density at radius 2 is 2.07 bits per heavy atom. The number of carbonyl (C=O) groups excluding carboxylic acids is 1. The first kappa shape index (κ1) is 18.8. The molecule has 0 fully saturated rings. The molecule has 0 unspecified atom stereocenters. The molecule has 0 saturated heterocycles. The Balaban J connectivity index is 1.52. The van der Waals surface area contributed by atoms with E-state index in [1.807, 2.05) is 47.0 Å². The lowest BCUT2D eigenvalue weighted by Gasteiger charge is -2.08. The highest BCUT2D eigenvalue weighted by Gasteiger charge is 2.18. The fraction of sp³-hybridized carbons (Fsp3) is 0.190. The maximum Gasteiger partial charge on any atom is 0.192 e. The van der Waals surface area contributed by atoms with Crippen molar-refractivity contribution in [3.8, 4) is 17.1 Å². The van der Waals surface area contributed by atoms with Crippen LogP contribution in [0.4, 0.5) is 0 Å². The number of hydrogen-bond acceptors (Lipinski definition) is 5. The Bertz CT molecular complexity index is 1030. The van der Waals surface area contributed by atoms with Gasteiger partial charge in [-0.3, -0.25) is 9.36 Å². The zero-order chi connectivity index (χ0) is 19.5. The van der Waals surface area contributed by atoms with Crippen molar-refractivity contribution in [3.05, 3.63) is 71.3 Å². The number of rotatable bonds is 7. The molecule has 2 heterocycles. The fourth-order valence-corrected chi connectivity index (χ4v) is 4.04. The third kappa shape index (κ3) is 3.84. The topological polar surface area (TPSA) is 57.0 Å². The van der Waals surface area contributed by atoms with Crippen LogP contribution in [-0.2, 0) is 13.0 Å². The van der Waals surface area contributed by atoms with Crippen molar-refractivity contribution < 1.29 is 9.53 Å². The minimum absolute atomic E-state index is 0.0564. The van der Waals surface area contributed by atoms with Crippen molar-refractivity contribution >= 4 is 29.1 Å². The number of halogens is 1. The van der Waals surface area contributed by atoms with Crippen LogP contribution in [0, 0.1) is 0 Å². The monoisotopic (exact) mass is 411 g/mol. The minimum Gasteiger partial charge on any atom is -0.493 e. The average molecular weight is 412 g/mol. The van der Waals surface area contributed by atoms with Gasteiger partial charge in [0, 0.05) is 29.1 Å². The van der Waals surface area contributed by atoms with Crippen molar-refractivity contribution in [2.45, 2.75) is 18.1 Å². The highest BCUT2D eigenvalue weighted by atomic mass is 35.5. The summed E-state index contributed by atoms with van der Waals surface area (Å²) in [6, 6.07) is 13.1. The Morgan fingerprint density at radius 1 is 1.25 bits per heavy atom. The largest absolute Gasteiger partial charge is 0.493 e. The van der Waals surface area contributed by atoms with E-state index in [0.29, 0.717) is 28.9 Å². The van der Waals surface area contributed by atoms with Crippen molar-refractivity contribution in [1.29, 1.82) is 0 Å². The summed E-state index contributed by atoms with van der Waals surface area (Å²) in [5.74, 6) is 1.94. The van der Waals surface area contributed by atoms with E-state index in [0.717, 1.165) is 29.1 Å². The van der Waals surface area contributed by atoms with Gasteiger partial charge in [-0.25, -0.2) is 0 Å². The van der Waals surface area contributed by atoms with E-state index in [4.69, 9.17) is 16.3 Å². The molecule has 4 rings (SSSR count). The zero-order valence-electron chi connectivity index (χ0n) is 15.1. The summed E-state index contributed by atoms with van der Waals surface area (Å²) < 4.78 is 7.45. The number of allylic oxidation sites excluding steroid dienone is 1. The molecule has 0 bridgehead atoms. The summed E-state index contributed by atoms with van der Waals surface area (Å²) in [4.78, 5) is 12.6. The normalized spacial score (nSPS) is 12.5. The molecule has 0 spiro atoms. The smallest absolute Gasteiger partial charge is 0.192 e. The van der Waals surface area contributed by atoms with Gasteiger partial charge in [-0.1, -0.05) is 29.4 Å². The van der Waals surface area contributed by atoms with Crippen LogP contribution in [0.2, 0.25) is 5.02 Å². The summed E-state index contributed by atoms with van der Waals surface area (Å²) in [7, 11) is 0. The number of ether oxygens (including phenoxy) is 1. The average Bonchev–Trinajstić information content (AvgIpc) is 3.33. The molecule has 0 saturated carbocycles. The molecule has 1 aromatic heterocycles. The molecule has 28 heavy (non-hydrogen) atoms. The quantitative estimate of drug-likeness (QED) is 0.320. The van der Waals surface area contributed by atoms with E-state index < -0.39 is 0 Å². The van der Waals surface area contributed by atoms with Crippen molar-refractivity contribution in [2.75, 3.05) is 12.4 Å². The van der Waals surface area contributed by atoms with E-state index in [2.05, 4.69) is 16.8 Å². The van der Waals surface area contributed by atoms with Crippen molar-refractivity contribution in [3.63, 3.8) is 0 Å². The lowest BCUT2D eigenvalue weighted by atomic mass is 10.1. The molecule has 1 aliphatic heterocycles. The minimum atomic E-state index is 0.0564. The number of Topliss-reactive ketones (excluding diaryl/α,β-unsaturated/α-hetero) is 1. The molecule has 2 aromatic carbocycles. The highest BCUT2D eigenvalue weighted by Crippen LogP contribution is 2.28. The van der Waals surface area contributed by atoms with E-state index >= 15 is 0 Å². The molecular formula is C21H18ClN3O2S. The van der Waals surface area contributed by atoms with Gasteiger partial charge in [0.05, 0.1) is 12.4 Å². The van der Waals surface area contributed by atoms with E-state index in [-0.39, 0.29) is 11.5 Å². The fourth-order valence-electron chi connectivity index (χ4n) is 3.08. The van der Waals surface area contributed by atoms with Gasteiger partial charge in [-0.05, 0) is 48.0 Å². The number of nitrogens with zero attached hydrogens (tertiary/aromatic N) is 3. The number of ketones is 1. The van der Waals surface area contributed by atoms with Gasteiger partial charge in [0.25, 0.3) is 0 Å². The number of aromatic nitrogens is 3. The van der Waals surface area contributed by atoms with Gasteiger partial charge in [0.15, 0.2) is 16.8 Å². The third-order valence-electron chi connectivity index (χ3n) is 4.47. The van der Waals surface area contributed by atoms with Crippen LogP contribution in [0.25, 0.3) is 11.4 Å². The molecular weight excluding hydrogens is 394 g/mol. The standard InChI is InChI=1S/C21H18ClN3O2S/c1-2-10-25-20(14-3-6-17(22)7-4-14)23-24-21(25)28-13-18(26)15-5-8-19-16(12-15)9-11-27-19/h2-8,12H,1,9-11,13H2. The van der Waals surface area contributed by atoms with Crippen LogP contribution >= 0.6 is 23.4 Å². The van der Waals surface area contributed by atoms with Gasteiger partial charge in [0.1, 0.15) is 5.75 Å². The second-order valence-electron chi connectivity index (χ2n) is 6.35. The second-order valence-corrected chi connectivity index (χ2v) is 7.72. The van der Waals surface area contributed by atoms with Gasteiger partial charge >= 0.3 is 0 Å². The van der Waals surface area contributed by atoms with Crippen LogP contribution < -0.4 is 4.74 Å². The lowest BCUT2D eigenvalue weighted by Crippen LogP contribution is -2.06. The van der Waals surface area contributed by atoms with Crippen molar-refractivity contribution in [2.24, 2.45) is 0 Å². The van der Waals surface area contributed by atoms with Crippen LogP contribution in [0.3, 0.4) is 0 Å². The van der Waals surface area contributed by atoms with Crippen LogP contribution in [0.5, 0.6) is 5.75 Å². The molecule has 3 aromatic rings.